The molecular weight excluding hydrogens is 252 g/mol. The van der Waals surface area contributed by atoms with Gasteiger partial charge in [-0.3, -0.25) is 4.79 Å². The lowest BCUT2D eigenvalue weighted by molar-refractivity contribution is 0.109. The highest BCUT2D eigenvalue weighted by Crippen LogP contribution is 2.25. The second kappa shape index (κ2) is 4.61. The van der Waals surface area contributed by atoms with E-state index in [1.165, 1.54) is 18.1 Å². The number of nitrogens with zero attached hydrogens (tertiary/aromatic N) is 3. The zero-order valence-corrected chi connectivity index (χ0v) is 9.98. The van der Waals surface area contributed by atoms with Crippen molar-refractivity contribution in [3.8, 4) is 0 Å². The van der Waals surface area contributed by atoms with E-state index in [-0.39, 0.29) is 0 Å². The van der Waals surface area contributed by atoms with Gasteiger partial charge in [0.05, 0.1) is 12.1 Å². The fourth-order valence-corrected chi connectivity index (χ4v) is 2.38. The summed E-state index contributed by atoms with van der Waals surface area (Å²) in [6.45, 7) is 0. The summed E-state index contributed by atoms with van der Waals surface area (Å²) in [6, 6.07) is 3.43. The number of furan rings is 1. The number of aldehydes is 1. The Labute approximate surface area is 106 Å². The van der Waals surface area contributed by atoms with E-state index >= 15 is 0 Å². The van der Waals surface area contributed by atoms with Gasteiger partial charge in [-0.05, 0) is 12.1 Å². The second-order valence-corrected chi connectivity index (χ2v) is 4.45. The molecule has 0 amide bonds. The molecule has 0 spiro atoms. The first kappa shape index (κ1) is 11.0. The molecule has 3 aromatic rings. The standard InChI is InChI=1S/C11H8N4O2S/c16-3-7-1-2-8(17-7)4-18-11-9-10(13-5-12-9)14-6-15-11/h1-3,5-6H,4H2,(H,12,13,14,15). The number of carbonyl (C=O) groups excluding carboxylic acids is 1. The van der Waals surface area contributed by atoms with Crippen LogP contribution in [-0.4, -0.2) is 26.2 Å². The van der Waals surface area contributed by atoms with Gasteiger partial charge < -0.3 is 9.40 Å². The molecule has 0 atom stereocenters. The van der Waals surface area contributed by atoms with E-state index in [0.717, 1.165) is 16.3 Å². The highest BCUT2D eigenvalue weighted by Gasteiger charge is 2.08. The molecule has 0 aromatic carbocycles. The maximum absolute atomic E-state index is 10.5. The Morgan fingerprint density at radius 2 is 2.28 bits per heavy atom. The van der Waals surface area contributed by atoms with Crippen LogP contribution < -0.4 is 0 Å². The maximum atomic E-state index is 10.5. The average Bonchev–Trinajstić information content (AvgIpc) is 3.05. The van der Waals surface area contributed by atoms with E-state index in [2.05, 4.69) is 19.9 Å². The SMILES string of the molecule is O=Cc1ccc(CSc2ncnc3nc[nH]c23)o1. The van der Waals surface area contributed by atoms with Gasteiger partial charge in [-0.15, -0.1) is 0 Å². The van der Waals surface area contributed by atoms with Crippen LogP contribution in [-0.2, 0) is 5.75 Å². The lowest BCUT2D eigenvalue weighted by atomic mass is 10.4. The fourth-order valence-electron chi connectivity index (χ4n) is 1.53. The molecule has 0 aliphatic carbocycles. The van der Waals surface area contributed by atoms with Crippen molar-refractivity contribution in [2.24, 2.45) is 0 Å². The Hall–Kier alpha value is -2.15. The number of hydrogen-bond donors (Lipinski definition) is 1. The van der Waals surface area contributed by atoms with Crippen molar-refractivity contribution in [1.82, 2.24) is 19.9 Å². The number of hydrogen-bond acceptors (Lipinski definition) is 6. The van der Waals surface area contributed by atoms with E-state index < -0.39 is 0 Å². The zero-order chi connectivity index (χ0) is 12.4. The lowest BCUT2D eigenvalue weighted by Crippen LogP contribution is -1.86. The average molecular weight is 260 g/mol. The van der Waals surface area contributed by atoms with Gasteiger partial charge in [-0.2, -0.15) is 0 Å². The van der Waals surface area contributed by atoms with E-state index in [0.29, 0.717) is 23.4 Å². The van der Waals surface area contributed by atoms with Crippen molar-refractivity contribution in [2.75, 3.05) is 0 Å². The number of carbonyl (C=O) groups is 1. The minimum Gasteiger partial charge on any atom is -0.457 e. The third-order valence-electron chi connectivity index (χ3n) is 2.34. The van der Waals surface area contributed by atoms with Crippen LogP contribution in [0.4, 0.5) is 0 Å². The minimum atomic E-state index is 0.333. The van der Waals surface area contributed by atoms with Crippen molar-refractivity contribution in [3.63, 3.8) is 0 Å². The number of rotatable bonds is 4. The number of aromatic amines is 1. The van der Waals surface area contributed by atoms with Gasteiger partial charge in [0.1, 0.15) is 22.6 Å². The molecule has 7 heteroatoms. The summed E-state index contributed by atoms with van der Waals surface area (Å²) in [6.07, 6.45) is 3.75. The molecule has 0 aliphatic heterocycles. The van der Waals surface area contributed by atoms with Gasteiger partial charge >= 0.3 is 0 Å². The zero-order valence-electron chi connectivity index (χ0n) is 9.16. The Morgan fingerprint density at radius 3 is 3.11 bits per heavy atom. The quantitative estimate of drug-likeness (QED) is 0.439. The predicted octanol–water partition coefficient (Wildman–Crippen LogP) is 2.05. The van der Waals surface area contributed by atoms with Crippen molar-refractivity contribution >= 4 is 29.2 Å². The van der Waals surface area contributed by atoms with Gasteiger partial charge in [-0.1, -0.05) is 11.8 Å². The summed E-state index contributed by atoms with van der Waals surface area (Å²) in [5.74, 6) is 1.66. The molecule has 0 fully saturated rings. The molecule has 0 unspecified atom stereocenters. The second-order valence-electron chi connectivity index (χ2n) is 3.49. The van der Waals surface area contributed by atoms with Gasteiger partial charge in [0.25, 0.3) is 0 Å². The van der Waals surface area contributed by atoms with Crippen LogP contribution in [0.1, 0.15) is 16.3 Å². The van der Waals surface area contributed by atoms with Crippen LogP contribution in [0.5, 0.6) is 0 Å². The summed E-state index contributed by atoms with van der Waals surface area (Å²) in [7, 11) is 0. The topological polar surface area (TPSA) is 84.7 Å². The summed E-state index contributed by atoms with van der Waals surface area (Å²) in [4.78, 5) is 25.8. The van der Waals surface area contributed by atoms with Crippen LogP contribution in [0, 0.1) is 0 Å². The van der Waals surface area contributed by atoms with Crippen molar-refractivity contribution < 1.29 is 9.21 Å². The normalized spacial score (nSPS) is 10.9. The van der Waals surface area contributed by atoms with E-state index in [4.69, 9.17) is 4.42 Å². The monoisotopic (exact) mass is 260 g/mol. The Balaban J connectivity index is 1.80. The van der Waals surface area contributed by atoms with Crippen molar-refractivity contribution in [1.29, 1.82) is 0 Å². The Morgan fingerprint density at radius 1 is 1.33 bits per heavy atom. The molecule has 0 saturated heterocycles. The first-order valence-electron chi connectivity index (χ1n) is 5.17. The molecule has 0 bridgehead atoms. The molecule has 0 aliphatic rings. The van der Waals surface area contributed by atoms with Crippen LogP contribution in [0.15, 0.2) is 34.2 Å². The summed E-state index contributed by atoms with van der Waals surface area (Å²) >= 11 is 1.50. The lowest BCUT2D eigenvalue weighted by Gasteiger charge is -1.99. The number of fused-ring (bicyclic) bond motifs is 1. The van der Waals surface area contributed by atoms with E-state index in [1.807, 2.05) is 0 Å². The molecule has 3 rings (SSSR count). The van der Waals surface area contributed by atoms with Gasteiger partial charge in [0, 0.05) is 0 Å². The van der Waals surface area contributed by atoms with Crippen LogP contribution in [0.2, 0.25) is 0 Å². The fraction of sp³-hybridized carbons (Fsp3) is 0.0909. The van der Waals surface area contributed by atoms with E-state index in [1.54, 1.807) is 18.5 Å². The maximum Gasteiger partial charge on any atom is 0.185 e. The largest absolute Gasteiger partial charge is 0.457 e. The Bertz CT molecular complexity index is 691. The van der Waals surface area contributed by atoms with Crippen LogP contribution in [0.25, 0.3) is 11.2 Å². The molecular formula is C11H8N4O2S. The van der Waals surface area contributed by atoms with Crippen LogP contribution in [0.3, 0.4) is 0 Å². The Kier molecular flexibility index (Phi) is 2.81. The molecule has 1 N–H and O–H groups in total. The highest BCUT2D eigenvalue weighted by atomic mass is 32.2. The molecule has 3 heterocycles. The molecule has 0 saturated carbocycles. The minimum absolute atomic E-state index is 0.333. The molecule has 3 aromatic heterocycles. The number of imidazole rings is 1. The first-order valence-corrected chi connectivity index (χ1v) is 6.16. The molecule has 90 valence electrons. The van der Waals surface area contributed by atoms with Gasteiger partial charge in [0.2, 0.25) is 0 Å². The molecule has 6 nitrogen and oxygen atoms in total. The summed E-state index contributed by atoms with van der Waals surface area (Å²) in [5.41, 5.74) is 1.45. The van der Waals surface area contributed by atoms with Crippen molar-refractivity contribution in [3.05, 3.63) is 36.3 Å². The molecule has 0 radical (unpaired) electrons. The van der Waals surface area contributed by atoms with E-state index in [9.17, 15) is 4.79 Å². The van der Waals surface area contributed by atoms with Gasteiger partial charge in [-0.25, -0.2) is 15.0 Å². The summed E-state index contributed by atoms with van der Waals surface area (Å²) < 4.78 is 5.29. The molecule has 18 heavy (non-hydrogen) atoms. The third kappa shape index (κ3) is 2.00. The predicted molar refractivity (Wildman–Crippen MR) is 65.3 cm³/mol. The smallest absolute Gasteiger partial charge is 0.185 e. The highest BCUT2D eigenvalue weighted by molar-refractivity contribution is 7.98. The van der Waals surface area contributed by atoms with Crippen molar-refractivity contribution in [2.45, 2.75) is 10.8 Å². The number of nitrogens with one attached hydrogen (secondary N) is 1. The third-order valence-corrected chi connectivity index (χ3v) is 3.35. The van der Waals surface area contributed by atoms with Crippen LogP contribution >= 0.6 is 11.8 Å². The number of H-pyrrole nitrogens is 1. The summed E-state index contributed by atoms with van der Waals surface area (Å²) in [5, 5.41) is 0.807. The number of thioether (sulfide) groups is 1. The first-order chi connectivity index (χ1) is 8.86. The van der Waals surface area contributed by atoms with Gasteiger partial charge in [0.15, 0.2) is 17.7 Å². The number of aromatic nitrogens is 4.